The van der Waals surface area contributed by atoms with Crippen LogP contribution in [0.15, 0.2) is 66.7 Å². The van der Waals surface area contributed by atoms with E-state index >= 15 is 0 Å². The number of carbonyl (C=O) groups is 1. The molecule has 4 nitrogen and oxygen atoms in total. The zero-order chi connectivity index (χ0) is 28.6. The highest BCUT2D eigenvalue weighted by molar-refractivity contribution is 5.97. The van der Waals surface area contributed by atoms with Crippen molar-refractivity contribution in [3.63, 3.8) is 0 Å². The number of carbonyl (C=O) groups excluding carboxylic acids is 1. The molecular formula is C36H41NO3. The molecule has 3 aromatic rings. The van der Waals surface area contributed by atoms with Crippen molar-refractivity contribution in [1.82, 2.24) is 5.32 Å². The number of aryl methyl sites for hydroxylation is 2. The van der Waals surface area contributed by atoms with E-state index in [-0.39, 0.29) is 12.5 Å². The van der Waals surface area contributed by atoms with Crippen molar-refractivity contribution in [2.75, 3.05) is 13.2 Å². The minimum atomic E-state index is -1.03. The van der Waals surface area contributed by atoms with Crippen molar-refractivity contribution >= 4 is 5.91 Å². The second-order valence-electron chi connectivity index (χ2n) is 10.1. The first-order valence-corrected chi connectivity index (χ1v) is 14.5. The second kappa shape index (κ2) is 17.0. The van der Waals surface area contributed by atoms with Gasteiger partial charge in [0.25, 0.3) is 5.91 Å². The Bertz CT molecular complexity index is 1340. The number of hydrogen-bond donors (Lipinski definition) is 3. The largest absolute Gasteiger partial charge is 0.394 e. The molecule has 1 atom stereocenters. The Morgan fingerprint density at radius 3 is 1.75 bits per heavy atom. The predicted molar refractivity (Wildman–Crippen MR) is 163 cm³/mol. The zero-order valence-electron chi connectivity index (χ0n) is 23.8. The average molecular weight is 536 g/mol. The van der Waals surface area contributed by atoms with Crippen molar-refractivity contribution < 1.29 is 15.0 Å². The van der Waals surface area contributed by atoms with Gasteiger partial charge < -0.3 is 15.5 Å². The molecule has 0 aliphatic rings. The van der Waals surface area contributed by atoms with Gasteiger partial charge >= 0.3 is 0 Å². The van der Waals surface area contributed by atoms with Crippen LogP contribution < -0.4 is 5.32 Å². The molecule has 208 valence electrons. The molecule has 1 unspecified atom stereocenters. The van der Waals surface area contributed by atoms with Gasteiger partial charge in [-0.25, -0.2) is 0 Å². The van der Waals surface area contributed by atoms with Crippen LogP contribution in [0, 0.1) is 23.7 Å². The van der Waals surface area contributed by atoms with Crippen LogP contribution in [0.1, 0.15) is 96.1 Å². The molecule has 0 fully saturated rings. The number of unbranched alkanes of at least 4 members (excludes halogenated alkanes) is 4. The molecule has 0 heterocycles. The highest BCUT2D eigenvalue weighted by atomic mass is 16.3. The van der Waals surface area contributed by atoms with E-state index in [9.17, 15) is 9.90 Å². The molecule has 3 aromatic carbocycles. The van der Waals surface area contributed by atoms with E-state index in [2.05, 4.69) is 67.1 Å². The predicted octanol–water partition coefficient (Wildman–Crippen LogP) is 6.03. The van der Waals surface area contributed by atoms with E-state index in [0.717, 1.165) is 24.0 Å². The summed E-state index contributed by atoms with van der Waals surface area (Å²) < 4.78 is 0. The Morgan fingerprint density at radius 2 is 1.23 bits per heavy atom. The smallest absolute Gasteiger partial charge is 0.252 e. The SMILES string of the molecule is CCCCCc1ccc(C#Cc2ccc(C#Cc3ccc(CCCCC)cc3)c(C(=O)NCC(O)CO)c2)cc1. The van der Waals surface area contributed by atoms with Gasteiger partial charge in [-0.1, -0.05) is 87.5 Å². The Hall–Kier alpha value is -3.83. The summed E-state index contributed by atoms with van der Waals surface area (Å²) in [5, 5.41) is 21.5. The number of hydrogen-bond acceptors (Lipinski definition) is 3. The number of benzene rings is 3. The van der Waals surface area contributed by atoms with Crippen molar-refractivity contribution in [2.45, 2.75) is 71.3 Å². The molecule has 4 heteroatoms. The maximum Gasteiger partial charge on any atom is 0.252 e. The molecule has 3 N–H and O–H groups in total. The Morgan fingerprint density at radius 1 is 0.725 bits per heavy atom. The van der Waals surface area contributed by atoms with Gasteiger partial charge in [-0.2, -0.15) is 0 Å². The average Bonchev–Trinajstić information content (AvgIpc) is 2.99. The molecule has 0 radical (unpaired) electrons. The van der Waals surface area contributed by atoms with Crippen LogP contribution in [0.4, 0.5) is 0 Å². The van der Waals surface area contributed by atoms with Crippen molar-refractivity contribution in [2.24, 2.45) is 0 Å². The summed E-state index contributed by atoms with van der Waals surface area (Å²) in [5.41, 5.74) is 6.06. The molecule has 0 saturated heterocycles. The van der Waals surface area contributed by atoms with E-state index in [1.54, 1.807) is 6.07 Å². The topological polar surface area (TPSA) is 69.6 Å². The molecule has 0 bridgehead atoms. The number of aliphatic hydroxyl groups is 2. The lowest BCUT2D eigenvalue weighted by Gasteiger charge is -2.10. The fraction of sp³-hybridized carbons (Fsp3) is 0.361. The van der Waals surface area contributed by atoms with Crippen LogP contribution in [-0.2, 0) is 12.8 Å². The van der Waals surface area contributed by atoms with Crippen molar-refractivity contribution in [3.8, 4) is 23.7 Å². The number of nitrogens with one attached hydrogen (secondary N) is 1. The standard InChI is InChI=1S/C36H41NO3/c1-3-5-7-9-28-11-15-30(16-12-28)19-20-32-22-24-33(35(25-32)36(40)37-26-34(39)27-38)23-21-31-17-13-29(14-18-31)10-8-6-4-2/h11-18,22,24-25,34,38-39H,3-10,26-27H2,1-2H3,(H,37,40). The third kappa shape index (κ3) is 10.4. The van der Waals surface area contributed by atoms with E-state index < -0.39 is 12.7 Å². The summed E-state index contributed by atoms with van der Waals surface area (Å²) in [4.78, 5) is 13.0. The molecule has 0 saturated carbocycles. The first-order valence-electron chi connectivity index (χ1n) is 14.5. The Labute approximate surface area is 239 Å². The van der Waals surface area contributed by atoms with Crippen LogP contribution in [0.2, 0.25) is 0 Å². The van der Waals surface area contributed by atoms with Crippen molar-refractivity contribution in [1.29, 1.82) is 0 Å². The first kappa shape index (κ1) is 30.7. The number of amides is 1. The van der Waals surface area contributed by atoms with Gasteiger partial charge in [0.05, 0.1) is 18.3 Å². The summed E-state index contributed by atoms with van der Waals surface area (Å²) in [6.45, 7) is 3.93. The Kier molecular flexibility index (Phi) is 13.0. The molecule has 0 aliphatic carbocycles. The number of aliphatic hydroxyl groups excluding tert-OH is 2. The van der Waals surface area contributed by atoms with Crippen LogP contribution in [-0.4, -0.2) is 35.4 Å². The van der Waals surface area contributed by atoms with Crippen LogP contribution >= 0.6 is 0 Å². The van der Waals surface area contributed by atoms with Gasteiger partial charge in [0.15, 0.2) is 0 Å². The van der Waals surface area contributed by atoms with E-state index in [1.165, 1.54) is 49.7 Å². The quantitative estimate of drug-likeness (QED) is 0.196. The normalized spacial score (nSPS) is 11.1. The molecule has 3 rings (SSSR count). The van der Waals surface area contributed by atoms with Crippen LogP contribution in [0.5, 0.6) is 0 Å². The second-order valence-corrected chi connectivity index (χ2v) is 10.1. The molecule has 40 heavy (non-hydrogen) atoms. The maximum atomic E-state index is 13.0. The Balaban J connectivity index is 1.80. The summed E-state index contributed by atoms with van der Waals surface area (Å²) in [5.74, 6) is 12.3. The molecule has 0 aliphatic heterocycles. The lowest BCUT2D eigenvalue weighted by atomic mass is 10.0. The van der Waals surface area contributed by atoms with Gasteiger partial charge in [-0.15, -0.1) is 0 Å². The highest BCUT2D eigenvalue weighted by Gasteiger charge is 2.13. The minimum absolute atomic E-state index is 0.0534. The number of rotatable bonds is 12. The lowest BCUT2D eigenvalue weighted by Crippen LogP contribution is -2.34. The van der Waals surface area contributed by atoms with Crippen LogP contribution in [0.25, 0.3) is 0 Å². The third-order valence-electron chi connectivity index (χ3n) is 6.71. The van der Waals surface area contributed by atoms with E-state index in [4.69, 9.17) is 5.11 Å². The van der Waals surface area contributed by atoms with E-state index in [0.29, 0.717) is 16.7 Å². The van der Waals surface area contributed by atoms with Crippen molar-refractivity contribution in [3.05, 3.63) is 106 Å². The molecule has 1 amide bonds. The molecule has 0 aromatic heterocycles. The summed E-state index contributed by atoms with van der Waals surface area (Å²) in [6.07, 6.45) is 8.38. The summed E-state index contributed by atoms with van der Waals surface area (Å²) in [7, 11) is 0. The van der Waals surface area contributed by atoms with Gasteiger partial charge in [0.2, 0.25) is 0 Å². The highest BCUT2D eigenvalue weighted by Crippen LogP contribution is 2.14. The fourth-order valence-corrected chi connectivity index (χ4v) is 4.24. The van der Waals surface area contributed by atoms with Gasteiger partial charge in [-0.3, -0.25) is 4.79 Å². The first-order chi connectivity index (χ1) is 19.5. The minimum Gasteiger partial charge on any atom is -0.394 e. The third-order valence-corrected chi connectivity index (χ3v) is 6.71. The maximum absolute atomic E-state index is 13.0. The monoisotopic (exact) mass is 535 g/mol. The van der Waals surface area contributed by atoms with Gasteiger partial charge in [-0.05, 0) is 79.3 Å². The van der Waals surface area contributed by atoms with E-state index in [1.807, 2.05) is 36.4 Å². The summed E-state index contributed by atoms with van der Waals surface area (Å²) >= 11 is 0. The summed E-state index contributed by atoms with van der Waals surface area (Å²) in [6, 6.07) is 22.0. The van der Waals surface area contributed by atoms with Gasteiger partial charge in [0.1, 0.15) is 0 Å². The van der Waals surface area contributed by atoms with Crippen LogP contribution in [0.3, 0.4) is 0 Å². The molecule has 0 spiro atoms. The zero-order valence-corrected chi connectivity index (χ0v) is 23.8. The lowest BCUT2D eigenvalue weighted by molar-refractivity contribution is 0.0802. The van der Waals surface area contributed by atoms with Gasteiger partial charge in [0, 0.05) is 28.8 Å². The fourth-order valence-electron chi connectivity index (χ4n) is 4.24. The molecular weight excluding hydrogens is 494 g/mol.